The van der Waals surface area contributed by atoms with Gasteiger partial charge in [0.05, 0.1) is 13.7 Å². The van der Waals surface area contributed by atoms with Crippen molar-refractivity contribution in [3.63, 3.8) is 0 Å². The zero-order valence-electron chi connectivity index (χ0n) is 15.2. The number of carbonyl (C=O) groups is 1. The first kappa shape index (κ1) is 17.8. The molecule has 1 aromatic heterocycles. The highest BCUT2D eigenvalue weighted by molar-refractivity contribution is 5.75. The summed E-state index contributed by atoms with van der Waals surface area (Å²) in [6.07, 6.45) is -0.255. The van der Waals surface area contributed by atoms with E-state index in [1.54, 1.807) is 13.2 Å². The van der Waals surface area contributed by atoms with E-state index in [9.17, 15) is 4.79 Å². The number of hydrogen-bond acceptors (Lipinski definition) is 7. The van der Waals surface area contributed by atoms with Crippen molar-refractivity contribution < 1.29 is 19.0 Å². The number of methoxy groups -OCH3 is 1. The fourth-order valence-electron chi connectivity index (χ4n) is 2.76. The number of para-hydroxylation sites is 2. The Morgan fingerprint density at radius 3 is 2.96 bits per heavy atom. The van der Waals surface area contributed by atoms with Crippen molar-refractivity contribution in [2.75, 3.05) is 20.3 Å². The second kappa shape index (κ2) is 7.95. The number of hydrogen-bond donors (Lipinski definition) is 1. The summed E-state index contributed by atoms with van der Waals surface area (Å²) < 4.78 is 16.6. The molecule has 144 valence electrons. The molecule has 9 heteroatoms. The first-order valence-electron chi connectivity index (χ1n) is 8.78. The minimum atomic E-state index is -0.255. The molecule has 1 aliphatic rings. The molecule has 2 heterocycles. The van der Waals surface area contributed by atoms with Gasteiger partial charge in [-0.2, -0.15) is 4.80 Å². The maximum atomic E-state index is 12.2. The Bertz CT molecular complexity index is 974. The molecule has 4 rings (SSSR count). The summed E-state index contributed by atoms with van der Waals surface area (Å²) in [5.41, 5.74) is 0.762. The molecule has 0 aliphatic carbocycles. The van der Waals surface area contributed by atoms with Crippen molar-refractivity contribution in [2.45, 2.75) is 12.6 Å². The van der Waals surface area contributed by atoms with Crippen LogP contribution in [0.25, 0.3) is 11.4 Å². The topological polar surface area (TPSA) is 100 Å². The van der Waals surface area contributed by atoms with Crippen LogP contribution in [0.4, 0.5) is 0 Å². The number of amides is 1. The van der Waals surface area contributed by atoms with Crippen LogP contribution < -0.4 is 19.5 Å². The Kier molecular flexibility index (Phi) is 5.05. The number of nitrogens with zero attached hydrogens (tertiary/aromatic N) is 4. The molecule has 3 aromatic rings. The van der Waals surface area contributed by atoms with Gasteiger partial charge in [-0.1, -0.05) is 24.3 Å². The van der Waals surface area contributed by atoms with Gasteiger partial charge in [0.1, 0.15) is 25.0 Å². The van der Waals surface area contributed by atoms with Gasteiger partial charge in [-0.05, 0) is 29.5 Å². The summed E-state index contributed by atoms with van der Waals surface area (Å²) in [7, 11) is 1.59. The van der Waals surface area contributed by atoms with Gasteiger partial charge in [0.2, 0.25) is 11.7 Å². The van der Waals surface area contributed by atoms with Crippen LogP contribution in [-0.4, -0.2) is 52.5 Å². The van der Waals surface area contributed by atoms with Crippen LogP contribution in [0.2, 0.25) is 0 Å². The molecule has 0 radical (unpaired) electrons. The highest BCUT2D eigenvalue weighted by Crippen LogP contribution is 2.30. The average Bonchev–Trinajstić information content (AvgIpc) is 3.20. The Balaban J connectivity index is 1.30. The van der Waals surface area contributed by atoms with Crippen molar-refractivity contribution in [1.29, 1.82) is 0 Å². The van der Waals surface area contributed by atoms with Crippen LogP contribution in [0.3, 0.4) is 0 Å². The minimum Gasteiger partial charge on any atom is -0.497 e. The Morgan fingerprint density at radius 2 is 2.11 bits per heavy atom. The molecule has 1 aliphatic heterocycles. The second-order valence-corrected chi connectivity index (χ2v) is 6.18. The predicted octanol–water partition coefficient (Wildman–Crippen LogP) is 1.30. The Hall–Kier alpha value is -3.62. The van der Waals surface area contributed by atoms with Crippen LogP contribution in [0.5, 0.6) is 17.2 Å². The lowest BCUT2D eigenvalue weighted by Gasteiger charge is -2.26. The number of rotatable bonds is 6. The van der Waals surface area contributed by atoms with E-state index in [2.05, 4.69) is 20.7 Å². The molecule has 0 saturated carbocycles. The standard InChI is InChI=1S/C19H19N5O4/c1-26-14-6-4-5-13(9-14)19-21-23-24(22-19)11-18(25)20-10-15-12-27-16-7-2-3-8-17(16)28-15/h2-9,15H,10-12H2,1H3,(H,20,25)/t15-/m0/s1. The third-order valence-electron chi connectivity index (χ3n) is 4.16. The molecule has 9 nitrogen and oxygen atoms in total. The maximum Gasteiger partial charge on any atom is 0.243 e. The Morgan fingerprint density at radius 1 is 1.25 bits per heavy atom. The lowest BCUT2D eigenvalue weighted by molar-refractivity contribution is -0.122. The predicted molar refractivity (Wildman–Crippen MR) is 99.2 cm³/mol. The van der Waals surface area contributed by atoms with E-state index in [4.69, 9.17) is 14.2 Å². The summed E-state index contributed by atoms with van der Waals surface area (Å²) in [5, 5.41) is 15.0. The quantitative estimate of drug-likeness (QED) is 0.687. The van der Waals surface area contributed by atoms with E-state index in [0.717, 1.165) is 5.56 Å². The Labute approximate surface area is 161 Å². The van der Waals surface area contributed by atoms with Crippen LogP contribution in [0.1, 0.15) is 0 Å². The van der Waals surface area contributed by atoms with Crippen LogP contribution >= 0.6 is 0 Å². The molecule has 0 saturated heterocycles. The summed E-state index contributed by atoms with van der Waals surface area (Å²) in [6, 6.07) is 14.8. The fraction of sp³-hybridized carbons (Fsp3) is 0.263. The molecule has 2 aromatic carbocycles. The SMILES string of the molecule is COc1cccc(-c2nnn(CC(=O)NC[C@H]3COc4ccccc4O3)n2)c1. The summed E-state index contributed by atoms with van der Waals surface area (Å²) >= 11 is 0. The van der Waals surface area contributed by atoms with E-state index in [-0.39, 0.29) is 18.6 Å². The molecule has 0 bridgehead atoms. The number of aromatic nitrogens is 4. The summed E-state index contributed by atoms with van der Waals surface area (Å²) in [5.74, 6) is 2.27. The molecular weight excluding hydrogens is 362 g/mol. The molecule has 1 N–H and O–H groups in total. The number of tetrazole rings is 1. The normalized spacial score (nSPS) is 15.1. The zero-order valence-corrected chi connectivity index (χ0v) is 15.2. The van der Waals surface area contributed by atoms with Crippen LogP contribution in [-0.2, 0) is 11.3 Å². The first-order valence-corrected chi connectivity index (χ1v) is 8.78. The number of fused-ring (bicyclic) bond motifs is 1. The van der Waals surface area contributed by atoms with Crippen molar-refractivity contribution in [1.82, 2.24) is 25.5 Å². The van der Waals surface area contributed by atoms with Crippen molar-refractivity contribution in [2.24, 2.45) is 0 Å². The average molecular weight is 381 g/mol. The fourth-order valence-corrected chi connectivity index (χ4v) is 2.76. The van der Waals surface area contributed by atoms with Gasteiger partial charge in [0.15, 0.2) is 11.5 Å². The summed E-state index contributed by atoms with van der Waals surface area (Å²) in [6.45, 7) is 0.657. The van der Waals surface area contributed by atoms with Gasteiger partial charge >= 0.3 is 0 Å². The van der Waals surface area contributed by atoms with Crippen molar-refractivity contribution in [3.05, 3.63) is 48.5 Å². The molecule has 1 atom stereocenters. The first-order chi connectivity index (χ1) is 13.7. The maximum absolute atomic E-state index is 12.2. The second-order valence-electron chi connectivity index (χ2n) is 6.18. The minimum absolute atomic E-state index is 0.0405. The van der Waals surface area contributed by atoms with Gasteiger partial charge in [-0.15, -0.1) is 10.2 Å². The van der Waals surface area contributed by atoms with Gasteiger partial charge in [0, 0.05) is 5.56 Å². The third kappa shape index (κ3) is 4.03. The van der Waals surface area contributed by atoms with E-state index in [0.29, 0.717) is 36.2 Å². The number of carbonyl (C=O) groups excluding carboxylic acids is 1. The number of benzene rings is 2. The van der Waals surface area contributed by atoms with E-state index in [1.165, 1.54) is 4.80 Å². The summed E-state index contributed by atoms with van der Waals surface area (Å²) in [4.78, 5) is 13.4. The highest BCUT2D eigenvalue weighted by Gasteiger charge is 2.21. The zero-order chi connectivity index (χ0) is 19.3. The number of nitrogens with one attached hydrogen (secondary N) is 1. The number of ether oxygens (including phenoxy) is 3. The molecule has 0 unspecified atom stereocenters. The third-order valence-corrected chi connectivity index (χ3v) is 4.16. The van der Waals surface area contributed by atoms with E-state index in [1.807, 2.05) is 42.5 Å². The molecule has 0 fully saturated rings. The van der Waals surface area contributed by atoms with Gasteiger partial charge in [-0.3, -0.25) is 4.79 Å². The lowest BCUT2D eigenvalue weighted by Crippen LogP contribution is -2.41. The van der Waals surface area contributed by atoms with Crippen LogP contribution in [0, 0.1) is 0 Å². The largest absolute Gasteiger partial charge is 0.497 e. The van der Waals surface area contributed by atoms with Crippen molar-refractivity contribution in [3.8, 4) is 28.6 Å². The van der Waals surface area contributed by atoms with E-state index >= 15 is 0 Å². The van der Waals surface area contributed by atoms with Gasteiger partial charge in [0.25, 0.3) is 0 Å². The molecule has 1 amide bonds. The molecular formula is C19H19N5O4. The monoisotopic (exact) mass is 381 g/mol. The van der Waals surface area contributed by atoms with Gasteiger partial charge in [-0.25, -0.2) is 0 Å². The molecule has 28 heavy (non-hydrogen) atoms. The smallest absolute Gasteiger partial charge is 0.243 e. The molecule has 0 spiro atoms. The lowest BCUT2D eigenvalue weighted by atomic mass is 10.2. The van der Waals surface area contributed by atoms with E-state index < -0.39 is 0 Å². The van der Waals surface area contributed by atoms with Gasteiger partial charge < -0.3 is 19.5 Å². The van der Waals surface area contributed by atoms with Crippen molar-refractivity contribution >= 4 is 5.91 Å². The highest BCUT2D eigenvalue weighted by atomic mass is 16.6. The van der Waals surface area contributed by atoms with Crippen LogP contribution in [0.15, 0.2) is 48.5 Å².